The number of hydrogen-bond donors (Lipinski definition) is 1. The number of aryl methyl sites for hydroxylation is 3. The SMILES string of the molecule is Cc1ccc([C@@H](CNC(=O)c2cc(=O)c3ccc(C)c(C)c3o2)N(C)C)o1. The van der Waals surface area contributed by atoms with Crippen LogP contribution in [-0.2, 0) is 0 Å². The zero-order valence-electron chi connectivity index (χ0n) is 16.3. The van der Waals surface area contributed by atoms with Crippen LogP contribution in [0.1, 0.15) is 39.2 Å². The third-order valence-electron chi connectivity index (χ3n) is 4.81. The van der Waals surface area contributed by atoms with Crippen molar-refractivity contribution in [3.05, 3.63) is 69.0 Å². The van der Waals surface area contributed by atoms with Crippen molar-refractivity contribution in [1.29, 1.82) is 0 Å². The van der Waals surface area contributed by atoms with Gasteiger partial charge in [-0.15, -0.1) is 0 Å². The summed E-state index contributed by atoms with van der Waals surface area (Å²) in [5.41, 5.74) is 2.09. The second kappa shape index (κ2) is 7.40. The second-order valence-corrected chi connectivity index (χ2v) is 7.00. The Hall–Kier alpha value is -2.86. The van der Waals surface area contributed by atoms with Gasteiger partial charge in [-0.1, -0.05) is 6.07 Å². The Morgan fingerprint density at radius 3 is 2.48 bits per heavy atom. The molecule has 0 spiro atoms. The smallest absolute Gasteiger partial charge is 0.287 e. The number of nitrogens with zero attached hydrogens (tertiary/aromatic N) is 1. The average Bonchev–Trinajstić information content (AvgIpc) is 3.04. The van der Waals surface area contributed by atoms with Crippen molar-refractivity contribution in [2.24, 2.45) is 0 Å². The van der Waals surface area contributed by atoms with Crippen molar-refractivity contribution in [3.63, 3.8) is 0 Å². The van der Waals surface area contributed by atoms with Crippen LogP contribution in [0.4, 0.5) is 0 Å². The first-order valence-corrected chi connectivity index (χ1v) is 8.83. The lowest BCUT2D eigenvalue weighted by atomic mass is 10.1. The van der Waals surface area contributed by atoms with E-state index in [-0.39, 0.29) is 17.2 Å². The summed E-state index contributed by atoms with van der Waals surface area (Å²) in [6.07, 6.45) is 0. The molecule has 1 aromatic carbocycles. The summed E-state index contributed by atoms with van der Waals surface area (Å²) >= 11 is 0. The number of likely N-dealkylation sites (N-methyl/N-ethyl adjacent to an activating group) is 1. The molecule has 0 radical (unpaired) electrons. The maximum atomic E-state index is 12.6. The Morgan fingerprint density at radius 1 is 1.11 bits per heavy atom. The second-order valence-electron chi connectivity index (χ2n) is 7.00. The summed E-state index contributed by atoms with van der Waals surface area (Å²) in [4.78, 5) is 26.9. The van der Waals surface area contributed by atoms with E-state index in [2.05, 4.69) is 5.32 Å². The van der Waals surface area contributed by atoms with Crippen LogP contribution < -0.4 is 10.7 Å². The zero-order valence-corrected chi connectivity index (χ0v) is 16.3. The van der Waals surface area contributed by atoms with E-state index in [0.29, 0.717) is 17.5 Å². The number of nitrogens with one attached hydrogen (secondary N) is 1. The predicted molar refractivity (Wildman–Crippen MR) is 104 cm³/mol. The number of rotatable bonds is 5. The van der Waals surface area contributed by atoms with Crippen LogP contribution in [0, 0.1) is 20.8 Å². The van der Waals surface area contributed by atoms with E-state index in [1.54, 1.807) is 6.07 Å². The van der Waals surface area contributed by atoms with Gasteiger partial charge in [-0.3, -0.25) is 14.5 Å². The summed E-state index contributed by atoms with van der Waals surface area (Å²) in [7, 11) is 3.83. The third kappa shape index (κ3) is 3.80. The van der Waals surface area contributed by atoms with Gasteiger partial charge in [-0.2, -0.15) is 0 Å². The normalized spacial score (nSPS) is 12.5. The third-order valence-corrected chi connectivity index (χ3v) is 4.81. The monoisotopic (exact) mass is 368 g/mol. The Morgan fingerprint density at radius 2 is 1.85 bits per heavy atom. The molecule has 3 rings (SSSR count). The maximum absolute atomic E-state index is 12.6. The lowest BCUT2D eigenvalue weighted by Gasteiger charge is -2.22. The molecule has 1 N–H and O–H groups in total. The van der Waals surface area contributed by atoms with Crippen molar-refractivity contribution in [2.45, 2.75) is 26.8 Å². The number of carbonyl (C=O) groups is 1. The molecule has 2 heterocycles. The molecule has 142 valence electrons. The van der Waals surface area contributed by atoms with Crippen LogP contribution in [-0.4, -0.2) is 31.4 Å². The topological polar surface area (TPSA) is 75.7 Å². The van der Waals surface area contributed by atoms with Gasteiger partial charge in [0.2, 0.25) is 0 Å². The van der Waals surface area contributed by atoms with Gasteiger partial charge in [0.15, 0.2) is 11.2 Å². The number of furan rings is 1. The zero-order chi connectivity index (χ0) is 19.7. The summed E-state index contributed by atoms with van der Waals surface area (Å²) in [6, 6.07) is 8.51. The lowest BCUT2D eigenvalue weighted by molar-refractivity contribution is 0.0911. The first-order valence-electron chi connectivity index (χ1n) is 8.83. The van der Waals surface area contributed by atoms with Gasteiger partial charge in [-0.05, 0) is 64.2 Å². The standard InChI is InChI=1S/C21H24N2O4/c1-12-6-8-15-17(24)10-19(27-20(15)14(12)3)21(25)22-11-16(23(4)5)18-9-7-13(2)26-18/h6-10,16H,11H2,1-5H3,(H,22,25)/t16-/m1/s1. The highest BCUT2D eigenvalue weighted by atomic mass is 16.3. The Kier molecular flexibility index (Phi) is 5.19. The fraction of sp³-hybridized carbons (Fsp3) is 0.333. The quantitative estimate of drug-likeness (QED) is 0.747. The van der Waals surface area contributed by atoms with Gasteiger partial charge >= 0.3 is 0 Å². The van der Waals surface area contributed by atoms with Gasteiger partial charge in [-0.25, -0.2) is 0 Å². The highest BCUT2D eigenvalue weighted by Gasteiger charge is 2.20. The highest BCUT2D eigenvalue weighted by molar-refractivity contribution is 5.93. The van der Waals surface area contributed by atoms with Gasteiger partial charge < -0.3 is 14.2 Å². The number of amides is 1. The molecule has 0 aliphatic carbocycles. The molecule has 0 bridgehead atoms. The average molecular weight is 368 g/mol. The van der Waals surface area contributed by atoms with Crippen molar-refractivity contribution in [1.82, 2.24) is 10.2 Å². The lowest BCUT2D eigenvalue weighted by Crippen LogP contribution is -2.34. The van der Waals surface area contributed by atoms with Crippen molar-refractivity contribution in [2.75, 3.05) is 20.6 Å². The fourth-order valence-corrected chi connectivity index (χ4v) is 3.01. The van der Waals surface area contributed by atoms with Crippen LogP contribution in [0.15, 0.2) is 44.0 Å². The van der Waals surface area contributed by atoms with E-state index >= 15 is 0 Å². The minimum atomic E-state index is -0.426. The summed E-state index contributed by atoms with van der Waals surface area (Å²) in [5, 5.41) is 3.32. The summed E-state index contributed by atoms with van der Waals surface area (Å²) in [5.74, 6) is 1.16. The molecule has 0 aliphatic heterocycles. The highest BCUT2D eigenvalue weighted by Crippen LogP contribution is 2.22. The molecular formula is C21H24N2O4. The molecule has 6 heteroatoms. The Bertz CT molecular complexity index is 1050. The first-order chi connectivity index (χ1) is 12.8. The molecule has 1 amide bonds. The maximum Gasteiger partial charge on any atom is 0.287 e. The van der Waals surface area contributed by atoms with E-state index in [9.17, 15) is 9.59 Å². The van der Waals surface area contributed by atoms with Gasteiger partial charge in [0.1, 0.15) is 17.1 Å². The predicted octanol–water partition coefficient (Wildman–Crippen LogP) is 3.34. The molecule has 6 nitrogen and oxygen atoms in total. The first kappa shape index (κ1) is 18.9. The Labute approximate surface area is 157 Å². The van der Waals surface area contributed by atoms with Crippen LogP contribution in [0.25, 0.3) is 11.0 Å². The number of fused-ring (bicyclic) bond motifs is 1. The largest absolute Gasteiger partial charge is 0.465 e. The number of hydrogen-bond acceptors (Lipinski definition) is 5. The molecule has 1 atom stereocenters. The van der Waals surface area contributed by atoms with Crippen molar-refractivity contribution in [3.8, 4) is 0 Å². The molecule has 27 heavy (non-hydrogen) atoms. The van der Waals surface area contributed by atoms with E-state index < -0.39 is 5.91 Å². The van der Waals surface area contributed by atoms with Crippen molar-refractivity contribution >= 4 is 16.9 Å². The minimum Gasteiger partial charge on any atom is -0.465 e. The molecule has 0 unspecified atom stereocenters. The molecule has 0 saturated heterocycles. The van der Waals surface area contributed by atoms with Crippen molar-refractivity contribution < 1.29 is 13.6 Å². The molecule has 2 aromatic heterocycles. The number of benzene rings is 1. The van der Waals surface area contributed by atoms with Gasteiger partial charge in [0.05, 0.1) is 11.4 Å². The van der Waals surface area contributed by atoms with E-state index in [1.165, 1.54) is 6.07 Å². The van der Waals surface area contributed by atoms with E-state index in [0.717, 1.165) is 22.6 Å². The molecular weight excluding hydrogens is 344 g/mol. The Balaban J connectivity index is 1.85. The number of carbonyl (C=O) groups excluding carboxylic acids is 1. The van der Waals surface area contributed by atoms with Crippen LogP contribution in [0.2, 0.25) is 0 Å². The molecule has 0 aliphatic rings. The summed E-state index contributed by atoms with van der Waals surface area (Å²) < 4.78 is 11.5. The van der Waals surface area contributed by atoms with Crippen LogP contribution >= 0.6 is 0 Å². The minimum absolute atomic E-state index is 0.00864. The van der Waals surface area contributed by atoms with Crippen LogP contribution in [0.3, 0.4) is 0 Å². The van der Waals surface area contributed by atoms with Crippen LogP contribution in [0.5, 0.6) is 0 Å². The molecule has 3 aromatic rings. The molecule has 0 saturated carbocycles. The fourth-order valence-electron chi connectivity index (χ4n) is 3.01. The van der Waals surface area contributed by atoms with Gasteiger partial charge in [0.25, 0.3) is 5.91 Å². The molecule has 0 fully saturated rings. The van der Waals surface area contributed by atoms with Gasteiger partial charge in [0, 0.05) is 12.6 Å². The van der Waals surface area contributed by atoms with E-state index in [4.69, 9.17) is 8.83 Å². The summed E-state index contributed by atoms with van der Waals surface area (Å²) in [6.45, 7) is 6.02. The van der Waals surface area contributed by atoms with E-state index in [1.807, 2.05) is 58.0 Å².